The SMILES string of the molecule is CCC(C#N)C(=O)N(C)Cc1ccccc1Cl. The van der Waals surface area contributed by atoms with Crippen molar-refractivity contribution >= 4 is 17.5 Å². The zero-order valence-electron chi connectivity index (χ0n) is 9.98. The Hall–Kier alpha value is -1.53. The minimum Gasteiger partial charge on any atom is -0.340 e. The minimum atomic E-state index is -0.567. The van der Waals surface area contributed by atoms with Crippen molar-refractivity contribution < 1.29 is 4.79 Å². The summed E-state index contributed by atoms with van der Waals surface area (Å²) >= 11 is 6.02. The van der Waals surface area contributed by atoms with E-state index in [0.717, 1.165) is 5.56 Å². The molecule has 0 bridgehead atoms. The van der Waals surface area contributed by atoms with E-state index in [1.54, 1.807) is 18.0 Å². The molecular formula is C13H15ClN2O. The summed E-state index contributed by atoms with van der Waals surface area (Å²) in [6.07, 6.45) is 0.530. The van der Waals surface area contributed by atoms with Gasteiger partial charge >= 0.3 is 0 Å². The van der Waals surface area contributed by atoms with Crippen molar-refractivity contribution in [3.63, 3.8) is 0 Å². The molecule has 0 radical (unpaired) electrons. The number of nitrogens with zero attached hydrogens (tertiary/aromatic N) is 2. The molecule has 3 nitrogen and oxygen atoms in total. The number of hydrogen-bond donors (Lipinski definition) is 0. The van der Waals surface area contributed by atoms with Gasteiger partial charge in [0.05, 0.1) is 6.07 Å². The number of carbonyl (C=O) groups excluding carboxylic acids is 1. The van der Waals surface area contributed by atoms with Crippen LogP contribution < -0.4 is 0 Å². The molecule has 1 amide bonds. The van der Waals surface area contributed by atoms with Crippen LogP contribution >= 0.6 is 11.6 Å². The Morgan fingerprint density at radius 3 is 2.71 bits per heavy atom. The van der Waals surface area contributed by atoms with E-state index >= 15 is 0 Å². The third-order valence-corrected chi connectivity index (χ3v) is 2.97. The summed E-state index contributed by atoms with van der Waals surface area (Å²) in [4.78, 5) is 13.4. The summed E-state index contributed by atoms with van der Waals surface area (Å²) < 4.78 is 0. The van der Waals surface area contributed by atoms with Crippen molar-refractivity contribution in [2.75, 3.05) is 7.05 Å². The highest BCUT2D eigenvalue weighted by Crippen LogP contribution is 2.17. The van der Waals surface area contributed by atoms with Gasteiger partial charge in [0.2, 0.25) is 5.91 Å². The lowest BCUT2D eigenvalue weighted by Gasteiger charge is -2.20. The zero-order chi connectivity index (χ0) is 12.8. The average Bonchev–Trinajstić information content (AvgIpc) is 2.33. The summed E-state index contributed by atoms with van der Waals surface area (Å²) in [7, 11) is 1.69. The Morgan fingerprint density at radius 1 is 1.53 bits per heavy atom. The molecule has 1 aromatic carbocycles. The molecule has 0 aliphatic carbocycles. The second-order valence-corrected chi connectivity index (χ2v) is 4.28. The van der Waals surface area contributed by atoms with Crippen LogP contribution in [0.2, 0.25) is 5.02 Å². The fourth-order valence-corrected chi connectivity index (χ4v) is 1.74. The van der Waals surface area contributed by atoms with Gasteiger partial charge in [-0.25, -0.2) is 0 Å². The van der Waals surface area contributed by atoms with E-state index in [1.807, 2.05) is 31.2 Å². The van der Waals surface area contributed by atoms with Crippen LogP contribution in [0.1, 0.15) is 18.9 Å². The number of amides is 1. The van der Waals surface area contributed by atoms with Gasteiger partial charge in [-0.1, -0.05) is 36.7 Å². The molecule has 0 N–H and O–H groups in total. The molecular weight excluding hydrogens is 236 g/mol. The van der Waals surface area contributed by atoms with Crippen molar-refractivity contribution in [3.05, 3.63) is 34.9 Å². The topological polar surface area (TPSA) is 44.1 Å². The van der Waals surface area contributed by atoms with Crippen LogP contribution in [0.3, 0.4) is 0 Å². The molecule has 0 saturated carbocycles. The molecule has 17 heavy (non-hydrogen) atoms. The molecule has 0 heterocycles. The second kappa shape index (κ2) is 6.27. The molecule has 4 heteroatoms. The van der Waals surface area contributed by atoms with Gasteiger partial charge in [0.15, 0.2) is 0 Å². The predicted molar refractivity (Wildman–Crippen MR) is 67.3 cm³/mol. The van der Waals surface area contributed by atoms with Crippen LogP contribution in [0.4, 0.5) is 0 Å². The van der Waals surface area contributed by atoms with Crippen molar-refractivity contribution in [2.24, 2.45) is 5.92 Å². The van der Waals surface area contributed by atoms with Crippen LogP contribution in [-0.4, -0.2) is 17.9 Å². The molecule has 1 atom stereocenters. The fraction of sp³-hybridized carbons (Fsp3) is 0.385. The van der Waals surface area contributed by atoms with Crippen LogP contribution in [-0.2, 0) is 11.3 Å². The summed E-state index contributed by atoms with van der Waals surface area (Å²) in [5.41, 5.74) is 0.887. The molecule has 1 rings (SSSR count). The largest absolute Gasteiger partial charge is 0.340 e. The van der Waals surface area contributed by atoms with E-state index in [2.05, 4.69) is 0 Å². The first-order chi connectivity index (χ1) is 8.10. The molecule has 0 saturated heterocycles. The molecule has 1 aromatic rings. The Balaban J connectivity index is 2.73. The minimum absolute atomic E-state index is 0.157. The number of rotatable bonds is 4. The smallest absolute Gasteiger partial charge is 0.239 e. The zero-order valence-corrected chi connectivity index (χ0v) is 10.7. The van der Waals surface area contributed by atoms with Gasteiger partial charge in [0.25, 0.3) is 0 Å². The average molecular weight is 251 g/mol. The van der Waals surface area contributed by atoms with Gasteiger partial charge in [-0.3, -0.25) is 4.79 Å². The Bertz CT molecular complexity index is 439. The maximum absolute atomic E-state index is 11.9. The second-order valence-electron chi connectivity index (χ2n) is 3.88. The van der Waals surface area contributed by atoms with E-state index in [9.17, 15) is 4.79 Å². The summed E-state index contributed by atoms with van der Waals surface area (Å²) in [5, 5.41) is 9.48. The van der Waals surface area contributed by atoms with Gasteiger partial charge in [0, 0.05) is 18.6 Å². The van der Waals surface area contributed by atoms with Crippen molar-refractivity contribution in [2.45, 2.75) is 19.9 Å². The van der Waals surface area contributed by atoms with Gasteiger partial charge in [-0.15, -0.1) is 0 Å². The number of nitriles is 1. The fourth-order valence-electron chi connectivity index (χ4n) is 1.55. The van der Waals surface area contributed by atoms with Crippen molar-refractivity contribution in [1.29, 1.82) is 5.26 Å². The molecule has 0 aliphatic heterocycles. The van der Waals surface area contributed by atoms with Gasteiger partial charge < -0.3 is 4.90 Å². The highest BCUT2D eigenvalue weighted by molar-refractivity contribution is 6.31. The standard InChI is InChI=1S/C13H15ClN2O/c1-3-10(8-15)13(17)16(2)9-11-6-4-5-7-12(11)14/h4-7,10H,3,9H2,1-2H3. The predicted octanol–water partition coefficient (Wildman–Crippen LogP) is 2.85. The number of halogens is 1. The van der Waals surface area contributed by atoms with Crippen LogP contribution in [0.5, 0.6) is 0 Å². The third-order valence-electron chi connectivity index (χ3n) is 2.60. The van der Waals surface area contributed by atoms with E-state index in [-0.39, 0.29) is 5.91 Å². The number of benzene rings is 1. The maximum Gasteiger partial charge on any atom is 0.239 e. The summed E-state index contributed by atoms with van der Waals surface area (Å²) in [6, 6.07) is 9.39. The normalized spacial score (nSPS) is 11.6. The summed E-state index contributed by atoms with van der Waals surface area (Å²) in [5.74, 6) is -0.725. The first kappa shape index (κ1) is 13.5. The third kappa shape index (κ3) is 3.47. The lowest BCUT2D eigenvalue weighted by Crippen LogP contribution is -2.31. The Kier molecular flexibility index (Phi) is 4.99. The Labute approximate surface area is 107 Å². The molecule has 90 valence electrons. The molecule has 0 fully saturated rings. The van der Waals surface area contributed by atoms with Gasteiger partial charge in [0.1, 0.15) is 5.92 Å². The lowest BCUT2D eigenvalue weighted by atomic mass is 10.1. The molecule has 1 unspecified atom stereocenters. The Morgan fingerprint density at radius 2 is 2.18 bits per heavy atom. The highest BCUT2D eigenvalue weighted by Gasteiger charge is 2.20. The number of hydrogen-bond acceptors (Lipinski definition) is 2. The van der Waals surface area contributed by atoms with Crippen molar-refractivity contribution in [1.82, 2.24) is 4.90 Å². The molecule has 0 aliphatic rings. The van der Waals surface area contributed by atoms with Crippen LogP contribution in [0.25, 0.3) is 0 Å². The van der Waals surface area contributed by atoms with Crippen molar-refractivity contribution in [3.8, 4) is 6.07 Å². The van der Waals surface area contributed by atoms with E-state index in [4.69, 9.17) is 16.9 Å². The quantitative estimate of drug-likeness (QED) is 0.825. The van der Waals surface area contributed by atoms with E-state index in [1.165, 1.54) is 0 Å². The number of carbonyl (C=O) groups is 1. The van der Waals surface area contributed by atoms with E-state index in [0.29, 0.717) is 18.0 Å². The van der Waals surface area contributed by atoms with Crippen LogP contribution in [0.15, 0.2) is 24.3 Å². The monoisotopic (exact) mass is 250 g/mol. The molecule has 0 aromatic heterocycles. The first-order valence-corrected chi connectivity index (χ1v) is 5.86. The highest BCUT2D eigenvalue weighted by atomic mass is 35.5. The van der Waals surface area contributed by atoms with Gasteiger partial charge in [-0.05, 0) is 18.1 Å². The van der Waals surface area contributed by atoms with E-state index < -0.39 is 5.92 Å². The first-order valence-electron chi connectivity index (χ1n) is 5.48. The lowest BCUT2D eigenvalue weighted by molar-refractivity contribution is -0.133. The maximum atomic E-state index is 11.9. The van der Waals surface area contributed by atoms with Crippen LogP contribution in [0, 0.1) is 17.2 Å². The molecule has 0 spiro atoms. The summed E-state index contributed by atoms with van der Waals surface area (Å²) in [6.45, 7) is 2.26. The van der Waals surface area contributed by atoms with Gasteiger partial charge in [-0.2, -0.15) is 5.26 Å².